The van der Waals surface area contributed by atoms with Gasteiger partial charge in [0.1, 0.15) is 6.54 Å². The second-order valence-corrected chi connectivity index (χ2v) is 2.41. The van der Waals surface area contributed by atoms with Crippen molar-refractivity contribution < 1.29 is 4.90 Å². The molecule has 0 aromatic carbocycles. The second-order valence-electron chi connectivity index (χ2n) is 2.41. The summed E-state index contributed by atoms with van der Waals surface area (Å²) in [6, 6.07) is 0. The molecule has 0 aliphatic carbocycles. The Hall–Kier alpha value is -0.630. The van der Waals surface area contributed by atoms with E-state index in [0.29, 0.717) is 0 Å². The number of hydrogen-bond donors (Lipinski definition) is 2. The molecule has 11 heavy (non-hydrogen) atoms. The Morgan fingerprint density at radius 1 is 1.64 bits per heavy atom. The summed E-state index contributed by atoms with van der Waals surface area (Å²) in [5.74, 6) is 0. The van der Waals surface area contributed by atoms with Crippen LogP contribution in [0.2, 0.25) is 0 Å². The number of nitrogens with one attached hydrogen (secondary N) is 2. The maximum absolute atomic E-state index is 7.15. The quantitative estimate of drug-likeness (QED) is 0.344. The van der Waals surface area contributed by atoms with Crippen molar-refractivity contribution >= 4 is 5.71 Å². The van der Waals surface area contributed by atoms with Gasteiger partial charge in [0, 0.05) is 0 Å². The minimum absolute atomic E-state index is 0. The largest absolute Gasteiger partial charge is 0.358 e. The molecule has 2 N–H and O–H groups in total. The molecule has 0 heterocycles. The van der Waals surface area contributed by atoms with Gasteiger partial charge in [0.2, 0.25) is 0 Å². The third-order valence-electron chi connectivity index (χ3n) is 1.06. The number of quaternary nitrogens is 1. The Kier molecular flexibility index (Phi) is 14.3. The molecule has 0 fully saturated rings. The average Bonchev–Trinajstić information content (AvgIpc) is 1.63. The van der Waals surface area contributed by atoms with Crippen LogP contribution >= 0.6 is 0 Å². The summed E-state index contributed by atoms with van der Waals surface area (Å²) >= 11 is 0. The molecule has 1 unspecified atom stereocenters. The van der Waals surface area contributed by atoms with E-state index in [1.165, 1.54) is 4.90 Å². The van der Waals surface area contributed by atoms with Crippen LogP contribution in [0, 0.1) is 12.8 Å². The van der Waals surface area contributed by atoms with Gasteiger partial charge >= 0.3 is 0 Å². The van der Waals surface area contributed by atoms with Crippen LogP contribution in [-0.2, 0) is 0 Å². The molecule has 0 aliphatic heterocycles. The van der Waals surface area contributed by atoms with Gasteiger partial charge in [-0.2, -0.15) is 0 Å². The first kappa shape index (κ1) is 16.8. The fourth-order valence-corrected chi connectivity index (χ4v) is 0.771. The Labute approximate surface area is 71.4 Å². The minimum Gasteiger partial charge on any atom is -0.358 e. The monoisotopic (exact) mass is 158 g/mol. The molecule has 2 heteroatoms. The molecule has 0 amide bonds. The number of likely N-dealkylation sites (N-methyl/N-ethyl adjacent to an activating group) is 1. The van der Waals surface area contributed by atoms with Crippen LogP contribution in [0.4, 0.5) is 0 Å². The smallest absolute Gasteiger partial charge is 0.115 e. The fraction of sp³-hybridized carbons (Fsp3) is 0.556. The molecule has 0 radical (unpaired) electrons. The molecule has 1 atom stereocenters. The van der Waals surface area contributed by atoms with E-state index in [-0.39, 0.29) is 14.9 Å². The van der Waals surface area contributed by atoms with Crippen LogP contribution in [0.25, 0.3) is 0 Å². The molecule has 0 spiro atoms. The first-order valence-electron chi connectivity index (χ1n) is 3.13. The standard InChI is InChI=1S/C7H14N2.CH4.CH3/c1-4-5-9(3)6-7(2)8;;/h4,8H,1,5-6H2,2-3H3;1H4;1H3/q;;-1/p+1. The van der Waals surface area contributed by atoms with Crippen molar-refractivity contribution in [3.05, 3.63) is 20.1 Å². The first-order valence-corrected chi connectivity index (χ1v) is 3.13. The Bertz CT molecular complexity index is 108. The van der Waals surface area contributed by atoms with Gasteiger partial charge in [-0.05, 0) is 13.0 Å². The molecule has 0 aromatic heterocycles. The predicted molar refractivity (Wildman–Crippen MR) is 53.4 cm³/mol. The summed E-state index contributed by atoms with van der Waals surface area (Å²) in [6.07, 6.45) is 1.87. The van der Waals surface area contributed by atoms with E-state index < -0.39 is 0 Å². The molecule has 0 rings (SSSR count). The highest BCUT2D eigenvalue weighted by molar-refractivity contribution is 5.79. The Morgan fingerprint density at radius 2 is 2.09 bits per heavy atom. The zero-order valence-corrected chi connectivity index (χ0v) is 7.20. The summed E-state index contributed by atoms with van der Waals surface area (Å²) in [4.78, 5) is 1.32. The molecule has 68 valence electrons. The zero-order valence-electron chi connectivity index (χ0n) is 7.20. The van der Waals surface area contributed by atoms with Gasteiger partial charge < -0.3 is 17.7 Å². The van der Waals surface area contributed by atoms with Gasteiger partial charge in [-0.15, -0.1) is 0 Å². The van der Waals surface area contributed by atoms with E-state index in [4.69, 9.17) is 5.41 Å². The summed E-state index contributed by atoms with van der Waals surface area (Å²) in [7, 11) is 2.06. The molecular weight excluding hydrogens is 136 g/mol. The van der Waals surface area contributed by atoms with E-state index >= 15 is 0 Å². The Balaban J connectivity index is -0.000000320. The summed E-state index contributed by atoms with van der Waals surface area (Å²) < 4.78 is 0. The first-order chi connectivity index (χ1) is 4.16. The van der Waals surface area contributed by atoms with Crippen molar-refractivity contribution in [3.8, 4) is 0 Å². The molecule has 0 saturated carbocycles. The van der Waals surface area contributed by atoms with E-state index in [2.05, 4.69) is 13.6 Å². The van der Waals surface area contributed by atoms with Crippen LogP contribution in [0.15, 0.2) is 12.7 Å². The van der Waals surface area contributed by atoms with Crippen molar-refractivity contribution in [3.63, 3.8) is 0 Å². The van der Waals surface area contributed by atoms with Gasteiger partial charge in [0.05, 0.1) is 19.3 Å². The van der Waals surface area contributed by atoms with E-state index in [1.807, 2.05) is 13.0 Å². The Morgan fingerprint density at radius 3 is 2.36 bits per heavy atom. The van der Waals surface area contributed by atoms with Crippen LogP contribution in [0.3, 0.4) is 0 Å². The van der Waals surface area contributed by atoms with Gasteiger partial charge in [0.25, 0.3) is 0 Å². The van der Waals surface area contributed by atoms with E-state index in [0.717, 1.165) is 18.8 Å². The summed E-state index contributed by atoms with van der Waals surface area (Å²) in [6.45, 7) is 7.21. The topological polar surface area (TPSA) is 28.3 Å². The molecular formula is C9H22N2. The van der Waals surface area contributed by atoms with Crippen LogP contribution in [-0.4, -0.2) is 25.8 Å². The molecule has 0 saturated heterocycles. The average molecular weight is 158 g/mol. The van der Waals surface area contributed by atoms with Crippen molar-refractivity contribution in [1.29, 1.82) is 5.41 Å². The highest BCUT2D eigenvalue weighted by Gasteiger charge is 1.97. The lowest BCUT2D eigenvalue weighted by Crippen LogP contribution is -3.09. The molecule has 0 aliphatic rings. The van der Waals surface area contributed by atoms with Crippen molar-refractivity contribution in [2.75, 3.05) is 20.1 Å². The van der Waals surface area contributed by atoms with Crippen molar-refractivity contribution in [2.24, 2.45) is 0 Å². The lowest BCUT2D eigenvalue weighted by atomic mass is 10.4. The maximum Gasteiger partial charge on any atom is 0.115 e. The van der Waals surface area contributed by atoms with Crippen LogP contribution < -0.4 is 4.90 Å². The van der Waals surface area contributed by atoms with Gasteiger partial charge in [0.15, 0.2) is 0 Å². The maximum atomic E-state index is 7.15. The molecule has 2 nitrogen and oxygen atoms in total. The van der Waals surface area contributed by atoms with Gasteiger partial charge in [-0.3, -0.25) is 0 Å². The second kappa shape index (κ2) is 9.37. The third-order valence-corrected chi connectivity index (χ3v) is 1.06. The minimum atomic E-state index is 0. The lowest BCUT2D eigenvalue weighted by Gasteiger charge is -2.08. The fourth-order valence-electron chi connectivity index (χ4n) is 0.771. The van der Waals surface area contributed by atoms with Gasteiger partial charge in [-0.25, -0.2) is 0 Å². The normalized spacial score (nSPS) is 10.4. The molecule has 0 bridgehead atoms. The van der Waals surface area contributed by atoms with Gasteiger partial charge in [-0.1, -0.05) is 14.0 Å². The highest BCUT2D eigenvalue weighted by atomic mass is 15.1. The zero-order chi connectivity index (χ0) is 7.28. The van der Waals surface area contributed by atoms with Crippen molar-refractivity contribution in [2.45, 2.75) is 14.4 Å². The summed E-state index contributed by atoms with van der Waals surface area (Å²) in [5, 5.41) is 7.15. The lowest BCUT2D eigenvalue weighted by molar-refractivity contribution is -0.863. The molecule has 0 aromatic rings. The van der Waals surface area contributed by atoms with E-state index in [1.54, 1.807) is 0 Å². The van der Waals surface area contributed by atoms with Crippen molar-refractivity contribution in [1.82, 2.24) is 0 Å². The van der Waals surface area contributed by atoms with Crippen LogP contribution in [0.1, 0.15) is 14.4 Å². The van der Waals surface area contributed by atoms with Crippen LogP contribution in [0.5, 0.6) is 0 Å². The van der Waals surface area contributed by atoms with E-state index in [9.17, 15) is 0 Å². The number of hydrogen-bond acceptors (Lipinski definition) is 1. The summed E-state index contributed by atoms with van der Waals surface area (Å²) in [5.41, 5.74) is 0.731. The number of rotatable bonds is 4. The SMILES string of the molecule is C.C=CC[NH+](C)CC(C)=N.[CH3-]. The highest BCUT2D eigenvalue weighted by Crippen LogP contribution is 1.58. The predicted octanol–water partition coefficient (Wildman–Crippen LogP) is 0.813. The third kappa shape index (κ3) is 12.5.